The van der Waals surface area contributed by atoms with E-state index in [2.05, 4.69) is 47.7 Å². The maximum Gasteiger partial charge on any atom is 0.111 e. The van der Waals surface area contributed by atoms with Crippen molar-refractivity contribution in [3.05, 3.63) is 53.9 Å². The van der Waals surface area contributed by atoms with E-state index >= 15 is 0 Å². The number of hydrogen-bond donors (Lipinski definition) is 1. The molecule has 2 N–H and O–H groups in total. The van der Waals surface area contributed by atoms with Crippen LogP contribution in [-0.4, -0.2) is 9.55 Å². The van der Waals surface area contributed by atoms with Crippen molar-refractivity contribution in [3.63, 3.8) is 0 Å². The first kappa shape index (κ1) is 12.7. The highest BCUT2D eigenvalue weighted by atomic mass is 15.1. The van der Waals surface area contributed by atoms with Gasteiger partial charge in [0, 0.05) is 11.4 Å². The molecule has 0 aliphatic rings. The first-order valence-electron chi connectivity index (χ1n) is 6.91. The number of fused-ring (bicyclic) bond motifs is 1. The number of benzene rings is 2. The highest BCUT2D eigenvalue weighted by Gasteiger charge is 2.10. The van der Waals surface area contributed by atoms with Crippen molar-refractivity contribution in [2.75, 3.05) is 5.73 Å². The molecule has 0 aliphatic heterocycles. The summed E-state index contributed by atoms with van der Waals surface area (Å²) < 4.78 is 2.18. The summed E-state index contributed by atoms with van der Waals surface area (Å²) in [6.45, 7) is 6.44. The molecule has 0 unspecified atom stereocenters. The van der Waals surface area contributed by atoms with Crippen molar-refractivity contribution in [1.82, 2.24) is 9.55 Å². The molecule has 2 aromatic carbocycles. The van der Waals surface area contributed by atoms with Crippen molar-refractivity contribution in [2.24, 2.45) is 0 Å². The van der Waals surface area contributed by atoms with Gasteiger partial charge in [-0.2, -0.15) is 0 Å². The van der Waals surface area contributed by atoms with Crippen molar-refractivity contribution in [3.8, 4) is 5.69 Å². The summed E-state index contributed by atoms with van der Waals surface area (Å²) in [6, 6.07) is 14.5. The summed E-state index contributed by atoms with van der Waals surface area (Å²) in [5.41, 5.74) is 11.1. The minimum absolute atomic E-state index is 0.515. The third kappa shape index (κ3) is 2.05. The lowest BCUT2D eigenvalue weighted by Crippen LogP contribution is -1.98. The molecule has 3 aromatic rings. The van der Waals surface area contributed by atoms with Gasteiger partial charge < -0.3 is 5.73 Å². The number of nitrogens with zero attached hydrogens (tertiary/aromatic N) is 2. The summed E-state index contributed by atoms with van der Waals surface area (Å²) in [4.78, 5) is 4.61. The second-order valence-corrected chi connectivity index (χ2v) is 5.49. The third-order valence-electron chi connectivity index (χ3n) is 3.64. The Labute approximate surface area is 119 Å². The number of hydrogen-bond acceptors (Lipinski definition) is 2. The molecule has 0 spiro atoms. The Kier molecular flexibility index (Phi) is 2.97. The standard InChI is InChI=1S/C17H19N3/c1-11(2)13-5-4-6-15(9-13)20-12(3)19-16-10-14(18)7-8-17(16)20/h4-11H,18H2,1-3H3. The fourth-order valence-electron chi connectivity index (χ4n) is 2.57. The molecule has 0 aliphatic carbocycles. The lowest BCUT2D eigenvalue weighted by molar-refractivity contribution is 0.862. The zero-order chi connectivity index (χ0) is 14.3. The van der Waals surface area contributed by atoms with Gasteiger partial charge in [-0.3, -0.25) is 4.57 Å². The van der Waals surface area contributed by atoms with Gasteiger partial charge in [-0.05, 0) is 48.7 Å². The normalized spacial score (nSPS) is 11.4. The van der Waals surface area contributed by atoms with Crippen LogP contribution in [-0.2, 0) is 0 Å². The molecular formula is C17H19N3. The van der Waals surface area contributed by atoms with E-state index in [0.29, 0.717) is 5.92 Å². The number of imidazole rings is 1. The van der Waals surface area contributed by atoms with E-state index in [0.717, 1.165) is 28.2 Å². The molecule has 0 bridgehead atoms. The Bertz CT molecular complexity index is 769. The quantitative estimate of drug-likeness (QED) is 0.711. The van der Waals surface area contributed by atoms with Crippen LogP contribution in [0.25, 0.3) is 16.7 Å². The summed E-state index contributed by atoms with van der Waals surface area (Å²) in [5, 5.41) is 0. The van der Waals surface area contributed by atoms with Gasteiger partial charge in [-0.25, -0.2) is 4.98 Å². The van der Waals surface area contributed by atoms with E-state index in [4.69, 9.17) is 5.73 Å². The first-order chi connectivity index (χ1) is 9.56. The highest BCUT2D eigenvalue weighted by molar-refractivity contribution is 5.81. The number of nitrogen functional groups attached to an aromatic ring is 1. The van der Waals surface area contributed by atoms with Gasteiger partial charge in [-0.1, -0.05) is 26.0 Å². The largest absolute Gasteiger partial charge is 0.399 e. The van der Waals surface area contributed by atoms with Gasteiger partial charge in [0.25, 0.3) is 0 Å². The summed E-state index contributed by atoms with van der Waals surface area (Å²) in [6.07, 6.45) is 0. The Morgan fingerprint density at radius 2 is 1.90 bits per heavy atom. The van der Waals surface area contributed by atoms with Gasteiger partial charge in [-0.15, -0.1) is 0 Å². The van der Waals surface area contributed by atoms with E-state index in [9.17, 15) is 0 Å². The minimum atomic E-state index is 0.515. The number of rotatable bonds is 2. The monoisotopic (exact) mass is 265 g/mol. The molecule has 0 amide bonds. The SMILES string of the molecule is Cc1nc2cc(N)ccc2n1-c1cccc(C(C)C)c1. The molecule has 1 heterocycles. The molecule has 0 radical (unpaired) electrons. The van der Waals surface area contributed by atoms with Gasteiger partial charge in [0.2, 0.25) is 0 Å². The number of nitrogens with two attached hydrogens (primary N) is 1. The van der Waals surface area contributed by atoms with Crippen LogP contribution in [0.2, 0.25) is 0 Å². The van der Waals surface area contributed by atoms with E-state index in [1.165, 1.54) is 5.56 Å². The van der Waals surface area contributed by atoms with Crippen LogP contribution in [0.5, 0.6) is 0 Å². The lowest BCUT2D eigenvalue weighted by Gasteiger charge is -2.11. The minimum Gasteiger partial charge on any atom is -0.399 e. The molecule has 20 heavy (non-hydrogen) atoms. The van der Waals surface area contributed by atoms with E-state index in [1.807, 2.05) is 25.1 Å². The zero-order valence-corrected chi connectivity index (χ0v) is 12.1. The van der Waals surface area contributed by atoms with Crippen molar-refractivity contribution in [2.45, 2.75) is 26.7 Å². The Morgan fingerprint density at radius 1 is 1.10 bits per heavy atom. The number of aryl methyl sites for hydroxylation is 1. The fourth-order valence-corrected chi connectivity index (χ4v) is 2.57. The molecule has 3 rings (SSSR count). The fraction of sp³-hybridized carbons (Fsp3) is 0.235. The van der Waals surface area contributed by atoms with Crippen LogP contribution in [0.15, 0.2) is 42.5 Å². The van der Waals surface area contributed by atoms with Crippen molar-refractivity contribution >= 4 is 16.7 Å². The average Bonchev–Trinajstić information content (AvgIpc) is 2.73. The van der Waals surface area contributed by atoms with Gasteiger partial charge in [0.1, 0.15) is 5.82 Å². The Balaban J connectivity index is 2.24. The van der Waals surface area contributed by atoms with Gasteiger partial charge in [0.05, 0.1) is 11.0 Å². The van der Waals surface area contributed by atoms with Gasteiger partial charge >= 0.3 is 0 Å². The molecule has 3 nitrogen and oxygen atoms in total. The summed E-state index contributed by atoms with van der Waals surface area (Å²) in [5.74, 6) is 1.49. The van der Waals surface area contributed by atoms with Crippen LogP contribution >= 0.6 is 0 Å². The van der Waals surface area contributed by atoms with Crippen molar-refractivity contribution < 1.29 is 0 Å². The van der Waals surface area contributed by atoms with Crippen LogP contribution in [0.4, 0.5) is 5.69 Å². The summed E-state index contributed by atoms with van der Waals surface area (Å²) >= 11 is 0. The lowest BCUT2D eigenvalue weighted by atomic mass is 10.0. The highest BCUT2D eigenvalue weighted by Crippen LogP contribution is 2.25. The zero-order valence-electron chi connectivity index (χ0n) is 12.1. The second-order valence-electron chi connectivity index (χ2n) is 5.49. The van der Waals surface area contributed by atoms with Crippen LogP contribution in [0.1, 0.15) is 31.2 Å². The predicted molar refractivity (Wildman–Crippen MR) is 84.3 cm³/mol. The second kappa shape index (κ2) is 4.67. The molecular weight excluding hydrogens is 246 g/mol. The van der Waals surface area contributed by atoms with Crippen LogP contribution in [0.3, 0.4) is 0 Å². The average molecular weight is 265 g/mol. The maximum atomic E-state index is 5.84. The van der Waals surface area contributed by atoms with E-state index in [1.54, 1.807) is 0 Å². The molecule has 0 fully saturated rings. The number of anilines is 1. The number of aromatic nitrogens is 2. The maximum absolute atomic E-state index is 5.84. The van der Waals surface area contributed by atoms with Crippen LogP contribution < -0.4 is 5.73 Å². The predicted octanol–water partition coefficient (Wildman–Crippen LogP) is 4.04. The smallest absolute Gasteiger partial charge is 0.111 e. The van der Waals surface area contributed by atoms with E-state index in [-0.39, 0.29) is 0 Å². The summed E-state index contributed by atoms with van der Waals surface area (Å²) in [7, 11) is 0. The topological polar surface area (TPSA) is 43.8 Å². The van der Waals surface area contributed by atoms with Gasteiger partial charge in [0.15, 0.2) is 0 Å². The van der Waals surface area contributed by atoms with E-state index < -0.39 is 0 Å². The Morgan fingerprint density at radius 3 is 2.65 bits per heavy atom. The molecule has 0 saturated heterocycles. The molecule has 3 heteroatoms. The van der Waals surface area contributed by atoms with Crippen molar-refractivity contribution in [1.29, 1.82) is 0 Å². The molecule has 0 saturated carbocycles. The molecule has 1 aromatic heterocycles. The third-order valence-corrected chi connectivity index (χ3v) is 3.64. The first-order valence-corrected chi connectivity index (χ1v) is 6.91. The Hall–Kier alpha value is -2.29. The molecule has 0 atom stereocenters. The molecule has 102 valence electrons. The van der Waals surface area contributed by atoms with Crippen LogP contribution in [0, 0.1) is 6.92 Å².